The number of hydrogen-bond acceptors (Lipinski definition) is 3. The molecule has 0 atom stereocenters. The minimum absolute atomic E-state index is 0.320. The van der Waals surface area contributed by atoms with Crippen LogP contribution in [0.1, 0.15) is 19.5 Å². The second kappa shape index (κ2) is 5.18. The van der Waals surface area contributed by atoms with E-state index in [1.807, 2.05) is 6.07 Å². The van der Waals surface area contributed by atoms with E-state index in [1.165, 1.54) is 12.1 Å². The van der Waals surface area contributed by atoms with Crippen LogP contribution in [0.3, 0.4) is 0 Å². The summed E-state index contributed by atoms with van der Waals surface area (Å²) in [5.74, 6) is -0.320. The Balaban J connectivity index is 2.21. The molecule has 4 N–H and O–H groups in total. The maximum Gasteiger partial charge on any atom is 0.132 e. The fraction of sp³-hybridized carbons (Fsp3) is 0.308. The summed E-state index contributed by atoms with van der Waals surface area (Å²) in [6.45, 7) is 4.80. The predicted molar refractivity (Wildman–Crippen MR) is 70.4 cm³/mol. The minimum Gasteiger partial charge on any atom is -0.399 e. The Hall–Kier alpha value is -1.88. The quantitative estimate of drug-likeness (QED) is 0.727. The SMILES string of the molecule is CC(C)NCc1cc(-c2cc(N)ccc2F)n[nH]1. The van der Waals surface area contributed by atoms with Gasteiger partial charge in [0.05, 0.1) is 5.69 Å². The van der Waals surface area contributed by atoms with Crippen LogP contribution < -0.4 is 11.1 Å². The molecular formula is C13H17FN4. The molecule has 0 fully saturated rings. The molecule has 0 spiro atoms. The van der Waals surface area contributed by atoms with Crippen molar-refractivity contribution in [2.24, 2.45) is 0 Å². The number of aromatic nitrogens is 2. The first-order valence-electron chi connectivity index (χ1n) is 5.89. The lowest BCUT2D eigenvalue weighted by atomic mass is 10.1. The van der Waals surface area contributed by atoms with Crippen molar-refractivity contribution in [2.45, 2.75) is 26.4 Å². The van der Waals surface area contributed by atoms with Gasteiger partial charge in [-0.3, -0.25) is 5.10 Å². The highest BCUT2D eigenvalue weighted by atomic mass is 19.1. The molecule has 0 aliphatic carbocycles. The number of hydrogen-bond donors (Lipinski definition) is 3. The molecule has 0 unspecified atom stereocenters. The number of rotatable bonds is 4. The molecule has 0 radical (unpaired) electrons. The van der Waals surface area contributed by atoms with E-state index in [4.69, 9.17) is 5.73 Å². The average Bonchev–Trinajstić information content (AvgIpc) is 2.78. The number of halogens is 1. The molecule has 0 saturated carbocycles. The lowest BCUT2D eigenvalue weighted by Gasteiger charge is -2.04. The van der Waals surface area contributed by atoms with E-state index in [0.29, 0.717) is 29.5 Å². The van der Waals surface area contributed by atoms with Gasteiger partial charge in [-0.1, -0.05) is 13.8 Å². The molecule has 0 aliphatic rings. The van der Waals surface area contributed by atoms with Gasteiger partial charge in [0.1, 0.15) is 5.82 Å². The average molecular weight is 248 g/mol. The van der Waals surface area contributed by atoms with Crippen molar-refractivity contribution in [2.75, 3.05) is 5.73 Å². The first-order valence-corrected chi connectivity index (χ1v) is 5.89. The van der Waals surface area contributed by atoms with Gasteiger partial charge in [0.2, 0.25) is 0 Å². The minimum atomic E-state index is -0.320. The number of nitrogens with zero attached hydrogens (tertiary/aromatic N) is 1. The highest BCUT2D eigenvalue weighted by Crippen LogP contribution is 2.23. The number of nitrogens with one attached hydrogen (secondary N) is 2. The molecule has 0 amide bonds. The van der Waals surface area contributed by atoms with Crippen LogP contribution in [0.5, 0.6) is 0 Å². The van der Waals surface area contributed by atoms with Crippen molar-refractivity contribution in [3.05, 3.63) is 35.8 Å². The van der Waals surface area contributed by atoms with Crippen LogP contribution in [-0.2, 0) is 6.54 Å². The lowest BCUT2D eigenvalue weighted by Crippen LogP contribution is -2.21. The standard InChI is InChI=1S/C13H17FN4/c1-8(2)16-7-10-6-13(18-17-10)11-5-9(15)3-4-12(11)14/h3-6,8,16H,7,15H2,1-2H3,(H,17,18). The Kier molecular flexibility index (Phi) is 3.62. The zero-order chi connectivity index (χ0) is 13.1. The zero-order valence-corrected chi connectivity index (χ0v) is 10.5. The number of nitrogens with two attached hydrogens (primary N) is 1. The normalized spacial score (nSPS) is 11.1. The zero-order valence-electron chi connectivity index (χ0n) is 10.5. The Morgan fingerprint density at radius 2 is 2.17 bits per heavy atom. The van der Waals surface area contributed by atoms with Crippen LogP contribution >= 0.6 is 0 Å². The maximum absolute atomic E-state index is 13.7. The molecule has 1 aromatic heterocycles. The Morgan fingerprint density at radius 1 is 1.39 bits per heavy atom. The van der Waals surface area contributed by atoms with Crippen molar-refractivity contribution in [3.63, 3.8) is 0 Å². The summed E-state index contributed by atoms with van der Waals surface area (Å²) in [7, 11) is 0. The van der Waals surface area contributed by atoms with E-state index in [9.17, 15) is 4.39 Å². The summed E-state index contributed by atoms with van der Waals surface area (Å²) < 4.78 is 13.7. The molecule has 0 bridgehead atoms. The van der Waals surface area contributed by atoms with Gasteiger partial charge in [0.25, 0.3) is 0 Å². The van der Waals surface area contributed by atoms with Gasteiger partial charge in [-0.25, -0.2) is 4.39 Å². The summed E-state index contributed by atoms with van der Waals surface area (Å²) >= 11 is 0. The highest BCUT2D eigenvalue weighted by molar-refractivity contribution is 5.64. The Labute approximate surface area is 105 Å². The summed E-state index contributed by atoms with van der Waals surface area (Å²) in [5, 5.41) is 10.3. The van der Waals surface area contributed by atoms with Crippen molar-refractivity contribution < 1.29 is 4.39 Å². The second-order valence-corrected chi connectivity index (χ2v) is 4.55. The van der Waals surface area contributed by atoms with Gasteiger partial charge in [-0.15, -0.1) is 0 Å². The maximum atomic E-state index is 13.7. The molecular weight excluding hydrogens is 231 g/mol. The van der Waals surface area contributed by atoms with Crippen molar-refractivity contribution in [3.8, 4) is 11.3 Å². The van der Waals surface area contributed by atoms with Crippen LogP contribution in [0, 0.1) is 5.82 Å². The van der Waals surface area contributed by atoms with Gasteiger partial charge >= 0.3 is 0 Å². The van der Waals surface area contributed by atoms with E-state index in [2.05, 4.69) is 29.4 Å². The lowest BCUT2D eigenvalue weighted by molar-refractivity contribution is 0.580. The number of aromatic amines is 1. The van der Waals surface area contributed by atoms with Crippen LogP contribution in [0.2, 0.25) is 0 Å². The Bertz CT molecular complexity index is 534. The van der Waals surface area contributed by atoms with Crippen molar-refractivity contribution in [1.29, 1.82) is 0 Å². The molecule has 2 aromatic rings. The third kappa shape index (κ3) is 2.87. The van der Waals surface area contributed by atoms with Crippen LogP contribution in [-0.4, -0.2) is 16.2 Å². The second-order valence-electron chi connectivity index (χ2n) is 4.55. The number of H-pyrrole nitrogens is 1. The first kappa shape index (κ1) is 12.6. The monoisotopic (exact) mass is 248 g/mol. The van der Waals surface area contributed by atoms with Crippen LogP contribution in [0.25, 0.3) is 11.3 Å². The van der Waals surface area contributed by atoms with Gasteiger partial charge < -0.3 is 11.1 Å². The fourth-order valence-corrected chi connectivity index (χ4v) is 1.64. The molecule has 2 rings (SSSR count). The van der Waals surface area contributed by atoms with Crippen molar-refractivity contribution in [1.82, 2.24) is 15.5 Å². The third-order valence-corrected chi connectivity index (χ3v) is 2.60. The van der Waals surface area contributed by atoms with E-state index < -0.39 is 0 Å². The summed E-state index contributed by atoms with van der Waals surface area (Å²) in [4.78, 5) is 0. The Morgan fingerprint density at radius 3 is 2.89 bits per heavy atom. The summed E-state index contributed by atoms with van der Waals surface area (Å²) in [5.41, 5.74) is 8.08. The van der Waals surface area contributed by atoms with Crippen LogP contribution in [0.4, 0.5) is 10.1 Å². The molecule has 5 heteroatoms. The van der Waals surface area contributed by atoms with Gasteiger partial charge in [0, 0.05) is 29.5 Å². The molecule has 4 nitrogen and oxygen atoms in total. The number of anilines is 1. The fourth-order valence-electron chi connectivity index (χ4n) is 1.64. The smallest absolute Gasteiger partial charge is 0.132 e. The van der Waals surface area contributed by atoms with Gasteiger partial charge in [-0.05, 0) is 24.3 Å². The number of nitrogen functional groups attached to an aromatic ring is 1. The van der Waals surface area contributed by atoms with E-state index in [-0.39, 0.29) is 5.82 Å². The third-order valence-electron chi connectivity index (χ3n) is 2.60. The van der Waals surface area contributed by atoms with E-state index in [1.54, 1.807) is 6.07 Å². The summed E-state index contributed by atoms with van der Waals surface area (Å²) in [6.07, 6.45) is 0. The molecule has 18 heavy (non-hydrogen) atoms. The summed E-state index contributed by atoms with van der Waals surface area (Å²) in [6, 6.07) is 6.69. The molecule has 0 aliphatic heterocycles. The first-order chi connectivity index (χ1) is 8.56. The van der Waals surface area contributed by atoms with E-state index in [0.717, 1.165) is 5.69 Å². The largest absolute Gasteiger partial charge is 0.399 e. The molecule has 96 valence electrons. The van der Waals surface area contributed by atoms with Crippen LogP contribution in [0.15, 0.2) is 24.3 Å². The molecule has 0 saturated heterocycles. The van der Waals surface area contributed by atoms with Gasteiger partial charge in [0.15, 0.2) is 0 Å². The molecule has 1 heterocycles. The highest BCUT2D eigenvalue weighted by Gasteiger charge is 2.09. The number of benzene rings is 1. The van der Waals surface area contributed by atoms with Crippen molar-refractivity contribution >= 4 is 5.69 Å². The molecule has 1 aromatic carbocycles. The van der Waals surface area contributed by atoms with Gasteiger partial charge in [-0.2, -0.15) is 5.10 Å². The topological polar surface area (TPSA) is 66.7 Å². The predicted octanol–water partition coefficient (Wildman–Crippen LogP) is 2.30. The van der Waals surface area contributed by atoms with E-state index >= 15 is 0 Å².